The first-order valence-corrected chi connectivity index (χ1v) is 10.5. The van der Waals surface area contributed by atoms with Crippen LogP contribution in [0.4, 0.5) is 38.3 Å². The summed E-state index contributed by atoms with van der Waals surface area (Å²) in [6.45, 7) is -0.173. The van der Waals surface area contributed by atoms with Crippen LogP contribution >= 0.6 is 0 Å². The highest BCUT2D eigenvalue weighted by molar-refractivity contribution is 6.10. The van der Waals surface area contributed by atoms with E-state index < -0.39 is 46.8 Å². The van der Waals surface area contributed by atoms with Gasteiger partial charge in [-0.05, 0) is 55.0 Å². The van der Waals surface area contributed by atoms with E-state index in [2.05, 4.69) is 15.5 Å². The molecule has 1 fully saturated rings. The van der Waals surface area contributed by atoms with Gasteiger partial charge in [-0.3, -0.25) is 19.4 Å². The third-order valence-corrected chi connectivity index (χ3v) is 5.27. The molecule has 36 heavy (non-hydrogen) atoms. The summed E-state index contributed by atoms with van der Waals surface area (Å²) in [5.41, 5.74) is -2.58. The van der Waals surface area contributed by atoms with E-state index in [4.69, 9.17) is 0 Å². The molecule has 0 saturated carbocycles. The van der Waals surface area contributed by atoms with E-state index in [-0.39, 0.29) is 31.0 Å². The molecular weight excluding hydrogens is 489 g/mol. The summed E-state index contributed by atoms with van der Waals surface area (Å²) in [6.07, 6.45) is -4.84. The maximum Gasteiger partial charge on any atom is 0.417 e. The molecule has 0 unspecified atom stereocenters. The zero-order valence-corrected chi connectivity index (χ0v) is 18.2. The molecule has 1 N–H and O–H groups in total. The second-order valence-electron chi connectivity index (χ2n) is 7.64. The second-order valence-corrected chi connectivity index (χ2v) is 7.64. The average Bonchev–Trinajstić information content (AvgIpc) is 2.84. The molecule has 4 rings (SSSR count). The monoisotopic (exact) mass is 505 g/mol. The highest BCUT2D eigenvalue weighted by Crippen LogP contribution is 2.34. The molecule has 186 valence electrons. The third-order valence-electron chi connectivity index (χ3n) is 5.27. The SMILES string of the molecule is O=C(Nc1ccc(F)cc1)c1ccc(N2CCCN(C(=O)c3c(F)cccc3C(F)(F)F)C2=O)nn1. The fourth-order valence-electron chi connectivity index (χ4n) is 3.56. The molecule has 0 radical (unpaired) electrons. The summed E-state index contributed by atoms with van der Waals surface area (Å²) in [5, 5.41) is 10.0. The van der Waals surface area contributed by atoms with Gasteiger partial charge in [-0.15, -0.1) is 10.2 Å². The van der Waals surface area contributed by atoms with Crippen LogP contribution in [0.3, 0.4) is 0 Å². The molecule has 1 saturated heterocycles. The van der Waals surface area contributed by atoms with Crippen LogP contribution in [0.15, 0.2) is 54.6 Å². The first-order valence-electron chi connectivity index (χ1n) is 10.5. The number of hydrogen-bond acceptors (Lipinski definition) is 5. The van der Waals surface area contributed by atoms with E-state index in [9.17, 15) is 36.3 Å². The lowest BCUT2D eigenvalue weighted by atomic mass is 10.0. The van der Waals surface area contributed by atoms with Crippen molar-refractivity contribution in [3.8, 4) is 0 Å². The van der Waals surface area contributed by atoms with E-state index in [1.165, 1.54) is 24.3 Å². The van der Waals surface area contributed by atoms with Gasteiger partial charge in [0.05, 0.1) is 11.1 Å². The molecule has 2 heterocycles. The molecule has 1 aliphatic heterocycles. The Morgan fingerprint density at radius 3 is 2.28 bits per heavy atom. The number of halogens is 5. The molecule has 0 spiro atoms. The lowest BCUT2D eigenvalue weighted by molar-refractivity contribution is -0.138. The Bertz CT molecular complexity index is 1310. The number of benzene rings is 2. The molecule has 4 amide bonds. The van der Waals surface area contributed by atoms with Crippen LogP contribution in [-0.2, 0) is 6.18 Å². The van der Waals surface area contributed by atoms with Crippen molar-refractivity contribution in [3.05, 3.63) is 83.1 Å². The fraction of sp³-hybridized carbons (Fsp3) is 0.174. The molecule has 1 aliphatic rings. The highest BCUT2D eigenvalue weighted by Gasteiger charge is 2.41. The first-order chi connectivity index (χ1) is 17.1. The van der Waals surface area contributed by atoms with E-state index in [1.54, 1.807) is 0 Å². The minimum Gasteiger partial charge on any atom is -0.321 e. The van der Waals surface area contributed by atoms with Crippen LogP contribution in [0.25, 0.3) is 0 Å². The van der Waals surface area contributed by atoms with Gasteiger partial charge in [-0.2, -0.15) is 13.2 Å². The van der Waals surface area contributed by atoms with Crippen molar-refractivity contribution in [3.63, 3.8) is 0 Å². The molecule has 0 atom stereocenters. The molecule has 1 aromatic heterocycles. The summed E-state index contributed by atoms with van der Waals surface area (Å²) in [6, 6.07) is 8.56. The number of carbonyl (C=O) groups excluding carboxylic acids is 3. The topological polar surface area (TPSA) is 95.5 Å². The summed E-state index contributed by atoms with van der Waals surface area (Å²) in [5.74, 6) is -4.06. The number of nitrogens with one attached hydrogen (secondary N) is 1. The van der Waals surface area contributed by atoms with Gasteiger partial charge in [0.25, 0.3) is 11.8 Å². The van der Waals surface area contributed by atoms with Gasteiger partial charge < -0.3 is 5.32 Å². The zero-order valence-electron chi connectivity index (χ0n) is 18.2. The summed E-state index contributed by atoms with van der Waals surface area (Å²) < 4.78 is 67.3. The van der Waals surface area contributed by atoms with Crippen LogP contribution in [0.1, 0.15) is 32.8 Å². The van der Waals surface area contributed by atoms with E-state index >= 15 is 0 Å². The smallest absolute Gasteiger partial charge is 0.321 e. The fourth-order valence-corrected chi connectivity index (χ4v) is 3.56. The number of urea groups is 1. The number of aromatic nitrogens is 2. The molecule has 0 bridgehead atoms. The van der Waals surface area contributed by atoms with Gasteiger partial charge >= 0.3 is 12.2 Å². The van der Waals surface area contributed by atoms with Crippen LogP contribution in [0.5, 0.6) is 0 Å². The number of rotatable bonds is 4. The summed E-state index contributed by atoms with van der Waals surface area (Å²) in [7, 11) is 0. The minimum atomic E-state index is -5.01. The molecule has 0 aliphatic carbocycles. The summed E-state index contributed by atoms with van der Waals surface area (Å²) >= 11 is 0. The Kier molecular flexibility index (Phi) is 6.64. The van der Waals surface area contributed by atoms with Gasteiger partial charge in [0, 0.05) is 18.8 Å². The van der Waals surface area contributed by atoms with Crippen molar-refractivity contribution in [2.45, 2.75) is 12.6 Å². The minimum absolute atomic E-state index is 0.0574. The number of amides is 4. The second kappa shape index (κ2) is 9.68. The van der Waals surface area contributed by atoms with Crippen LogP contribution < -0.4 is 10.2 Å². The summed E-state index contributed by atoms with van der Waals surface area (Å²) in [4.78, 5) is 39.6. The van der Waals surface area contributed by atoms with Gasteiger partial charge in [-0.25, -0.2) is 13.6 Å². The Balaban J connectivity index is 1.53. The van der Waals surface area contributed by atoms with Gasteiger partial charge in [-0.1, -0.05) is 6.07 Å². The largest absolute Gasteiger partial charge is 0.417 e. The molecule has 2 aromatic carbocycles. The Morgan fingerprint density at radius 2 is 1.64 bits per heavy atom. The molecule has 8 nitrogen and oxygen atoms in total. The number of carbonyl (C=O) groups is 3. The van der Waals surface area contributed by atoms with Crippen LogP contribution in [0.2, 0.25) is 0 Å². The molecular formula is C23H16F5N5O3. The Morgan fingerprint density at radius 1 is 0.917 bits per heavy atom. The van der Waals surface area contributed by atoms with Gasteiger partial charge in [0.2, 0.25) is 0 Å². The number of imide groups is 1. The standard InChI is InChI=1S/C23H16F5N5O3/c24-13-5-7-14(8-6-13)29-20(34)17-9-10-18(31-30-17)32-11-2-12-33(22(32)36)21(35)19-15(23(26,27)28)3-1-4-16(19)25/h1,3-10H,2,11-12H2,(H,29,34). The predicted octanol–water partition coefficient (Wildman–Crippen LogP) is 4.50. The number of alkyl halides is 3. The van der Waals surface area contributed by atoms with E-state index in [0.29, 0.717) is 22.7 Å². The van der Waals surface area contributed by atoms with E-state index in [1.807, 2.05) is 0 Å². The Labute approximate surface area is 200 Å². The lowest BCUT2D eigenvalue weighted by Crippen LogP contribution is -2.52. The van der Waals surface area contributed by atoms with Crippen molar-refractivity contribution in [1.29, 1.82) is 0 Å². The highest BCUT2D eigenvalue weighted by atomic mass is 19.4. The average molecular weight is 505 g/mol. The molecule has 13 heteroatoms. The number of hydrogen-bond donors (Lipinski definition) is 1. The van der Waals surface area contributed by atoms with Crippen LogP contribution in [0, 0.1) is 11.6 Å². The number of nitrogens with zero attached hydrogens (tertiary/aromatic N) is 4. The first kappa shape index (κ1) is 24.7. The van der Waals surface area contributed by atoms with Crippen molar-refractivity contribution in [1.82, 2.24) is 15.1 Å². The Hall–Kier alpha value is -4.42. The van der Waals surface area contributed by atoms with Crippen molar-refractivity contribution < 1.29 is 36.3 Å². The van der Waals surface area contributed by atoms with Crippen LogP contribution in [-0.4, -0.2) is 46.0 Å². The maximum atomic E-state index is 14.3. The lowest BCUT2D eigenvalue weighted by Gasteiger charge is -2.33. The van der Waals surface area contributed by atoms with Crippen molar-refractivity contribution in [2.75, 3.05) is 23.3 Å². The number of anilines is 2. The third kappa shape index (κ3) is 4.99. The maximum absolute atomic E-state index is 14.3. The van der Waals surface area contributed by atoms with E-state index in [0.717, 1.165) is 23.1 Å². The van der Waals surface area contributed by atoms with Crippen molar-refractivity contribution >= 4 is 29.4 Å². The normalized spacial score (nSPS) is 14.1. The predicted molar refractivity (Wildman–Crippen MR) is 116 cm³/mol. The quantitative estimate of drug-likeness (QED) is 0.527. The van der Waals surface area contributed by atoms with Crippen molar-refractivity contribution in [2.24, 2.45) is 0 Å². The van der Waals surface area contributed by atoms with Gasteiger partial charge in [0.15, 0.2) is 11.5 Å². The zero-order chi connectivity index (χ0) is 26.0. The molecule has 3 aromatic rings. The van der Waals surface area contributed by atoms with Gasteiger partial charge in [0.1, 0.15) is 11.6 Å².